The molecule has 0 radical (unpaired) electrons. The predicted molar refractivity (Wildman–Crippen MR) is 83.1 cm³/mol. The molecule has 1 unspecified atom stereocenters. The maximum atomic E-state index is 14.1. The molecule has 0 bridgehead atoms. The summed E-state index contributed by atoms with van der Waals surface area (Å²) in [6, 6.07) is 10.1. The van der Waals surface area contributed by atoms with Crippen molar-refractivity contribution in [1.82, 2.24) is 5.43 Å². The van der Waals surface area contributed by atoms with Gasteiger partial charge in [-0.25, -0.2) is 8.78 Å². The van der Waals surface area contributed by atoms with Crippen LogP contribution in [-0.4, -0.2) is 5.75 Å². The standard InChI is InChI=1S/C16H18F2N2S/c1-10-4-3-5-12(8-10)21-9-14(20-19)15-13(17)7-6-11(2)16(15)18/h3-8,14,20H,9,19H2,1-2H3. The summed E-state index contributed by atoms with van der Waals surface area (Å²) in [4.78, 5) is 1.05. The average molecular weight is 308 g/mol. The van der Waals surface area contributed by atoms with Crippen LogP contribution >= 0.6 is 11.8 Å². The molecule has 1 atom stereocenters. The van der Waals surface area contributed by atoms with Gasteiger partial charge in [-0.2, -0.15) is 0 Å². The molecule has 0 fully saturated rings. The topological polar surface area (TPSA) is 38.0 Å². The second kappa shape index (κ2) is 7.02. The Hall–Kier alpha value is -1.43. The molecule has 3 N–H and O–H groups in total. The molecule has 0 saturated heterocycles. The lowest BCUT2D eigenvalue weighted by Crippen LogP contribution is -2.31. The highest BCUT2D eigenvalue weighted by atomic mass is 32.2. The van der Waals surface area contributed by atoms with E-state index < -0.39 is 17.7 Å². The number of nitrogens with two attached hydrogens (primary N) is 1. The first-order chi connectivity index (χ1) is 10.0. The Balaban J connectivity index is 2.19. The van der Waals surface area contributed by atoms with Gasteiger partial charge in [-0.05, 0) is 37.6 Å². The zero-order valence-electron chi connectivity index (χ0n) is 12.0. The number of halogens is 2. The molecule has 21 heavy (non-hydrogen) atoms. The van der Waals surface area contributed by atoms with Crippen LogP contribution in [0.2, 0.25) is 0 Å². The van der Waals surface area contributed by atoms with Gasteiger partial charge >= 0.3 is 0 Å². The molecular formula is C16H18F2N2S. The van der Waals surface area contributed by atoms with E-state index in [1.54, 1.807) is 6.92 Å². The van der Waals surface area contributed by atoms with Gasteiger partial charge in [0.15, 0.2) is 0 Å². The molecule has 112 valence electrons. The quantitative estimate of drug-likeness (QED) is 0.500. The number of aryl methyl sites for hydroxylation is 2. The lowest BCUT2D eigenvalue weighted by molar-refractivity contribution is 0.496. The van der Waals surface area contributed by atoms with E-state index in [2.05, 4.69) is 5.43 Å². The fraction of sp³-hybridized carbons (Fsp3) is 0.250. The van der Waals surface area contributed by atoms with E-state index in [9.17, 15) is 8.78 Å². The summed E-state index contributed by atoms with van der Waals surface area (Å²) in [5.74, 6) is 4.81. The van der Waals surface area contributed by atoms with E-state index in [-0.39, 0.29) is 5.56 Å². The summed E-state index contributed by atoms with van der Waals surface area (Å²) >= 11 is 1.51. The molecule has 0 aliphatic heterocycles. The highest BCUT2D eigenvalue weighted by molar-refractivity contribution is 7.99. The number of rotatable bonds is 5. The van der Waals surface area contributed by atoms with Crippen LogP contribution in [0.15, 0.2) is 41.3 Å². The molecule has 0 aliphatic carbocycles. The summed E-state index contributed by atoms with van der Waals surface area (Å²) in [6.07, 6.45) is 0. The van der Waals surface area contributed by atoms with Gasteiger partial charge in [0.1, 0.15) is 11.6 Å². The predicted octanol–water partition coefficient (Wildman–Crippen LogP) is 3.88. The summed E-state index contributed by atoms with van der Waals surface area (Å²) < 4.78 is 28.1. The smallest absolute Gasteiger partial charge is 0.133 e. The van der Waals surface area contributed by atoms with Crippen molar-refractivity contribution >= 4 is 11.8 Å². The van der Waals surface area contributed by atoms with Gasteiger partial charge in [0.25, 0.3) is 0 Å². The first-order valence-electron chi connectivity index (χ1n) is 6.63. The van der Waals surface area contributed by atoms with E-state index in [0.717, 1.165) is 10.5 Å². The van der Waals surface area contributed by atoms with Gasteiger partial charge in [-0.15, -0.1) is 11.8 Å². The number of benzene rings is 2. The van der Waals surface area contributed by atoms with Crippen molar-refractivity contribution in [2.45, 2.75) is 24.8 Å². The van der Waals surface area contributed by atoms with Crippen molar-refractivity contribution in [2.24, 2.45) is 5.84 Å². The lowest BCUT2D eigenvalue weighted by Gasteiger charge is -2.18. The van der Waals surface area contributed by atoms with E-state index >= 15 is 0 Å². The Kier molecular flexibility index (Phi) is 5.33. The second-order valence-corrected chi connectivity index (χ2v) is 6.03. The Bertz CT molecular complexity index is 632. The zero-order chi connectivity index (χ0) is 15.4. The Morgan fingerprint density at radius 2 is 1.95 bits per heavy atom. The molecule has 2 rings (SSSR count). The van der Waals surface area contributed by atoms with E-state index in [0.29, 0.717) is 11.3 Å². The molecule has 2 nitrogen and oxygen atoms in total. The molecule has 5 heteroatoms. The van der Waals surface area contributed by atoms with Crippen molar-refractivity contribution in [1.29, 1.82) is 0 Å². The molecule has 0 aliphatic rings. The van der Waals surface area contributed by atoms with Gasteiger partial charge in [0.2, 0.25) is 0 Å². The Labute approximate surface area is 127 Å². The number of nitrogens with one attached hydrogen (secondary N) is 1. The molecule has 0 heterocycles. The van der Waals surface area contributed by atoms with Crippen LogP contribution in [0.3, 0.4) is 0 Å². The highest BCUT2D eigenvalue weighted by Crippen LogP contribution is 2.29. The number of hydrogen-bond acceptors (Lipinski definition) is 3. The van der Waals surface area contributed by atoms with Crippen LogP contribution in [0.1, 0.15) is 22.7 Å². The zero-order valence-corrected chi connectivity index (χ0v) is 12.8. The van der Waals surface area contributed by atoms with E-state index in [1.165, 1.54) is 23.9 Å². The van der Waals surface area contributed by atoms with Gasteiger partial charge in [0, 0.05) is 16.2 Å². The minimum atomic E-state index is -0.588. The maximum absolute atomic E-state index is 14.1. The van der Waals surface area contributed by atoms with Crippen LogP contribution in [0, 0.1) is 25.5 Å². The molecule has 2 aromatic carbocycles. The normalized spacial score (nSPS) is 12.4. The van der Waals surface area contributed by atoms with Crippen LogP contribution in [0.4, 0.5) is 8.78 Å². The van der Waals surface area contributed by atoms with Crippen molar-refractivity contribution in [3.05, 3.63) is 64.7 Å². The molecule has 0 spiro atoms. The maximum Gasteiger partial charge on any atom is 0.133 e. The second-order valence-electron chi connectivity index (χ2n) is 4.94. The van der Waals surface area contributed by atoms with Gasteiger partial charge < -0.3 is 0 Å². The fourth-order valence-electron chi connectivity index (χ4n) is 2.10. The van der Waals surface area contributed by atoms with Gasteiger partial charge in [0.05, 0.1) is 6.04 Å². The number of hydrogen-bond donors (Lipinski definition) is 2. The summed E-state index contributed by atoms with van der Waals surface area (Å²) in [7, 11) is 0. The largest absolute Gasteiger partial charge is 0.271 e. The Morgan fingerprint density at radius 1 is 1.19 bits per heavy atom. The van der Waals surface area contributed by atoms with Gasteiger partial charge in [-0.3, -0.25) is 11.3 Å². The third kappa shape index (κ3) is 3.81. The SMILES string of the molecule is Cc1cccc(SCC(NN)c2c(F)ccc(C)c2F)c1. The summed E-state index contributed by atoms with van der Waals surface area (Å²) in [6.45, 7) is 3.61. The minimum absolute atomic E-state index is 0.00217. The molecular weight excluding hydrogens is 290 g/mol. The number of hydrazine groups is 1. The third-order valence-electron chi connectivity index (χ3n) is 3.28. The van der Waals surface area contributed by atoms with E-state index in [4.69, 9.17) is 5.84 Å². The van der Waals surface area contributed by atoms with Gasteiger partial charge in [-0.1, -0.05) is 23.8 Å². The first kappa shape index (κ1) is 15.9. The van der Waals surface area contributed by atoms with Crippen molar-refractivity contribution in [3.8, 4) is 0 Å². The van der Waals surface area contributed by atoms with Crippen LogP contribution in [-0.2, 0) is 0 Å². The monoisotopic (exact) mass is 308 g/mol. The Morgan fingerprint density at radius 3 is 2.62 bits per heavy atom. The molecule has 0 saturated carbocycles. The third-order valence-corrected chi connectivity index (χ3v) is 4.36. The molecule has 2 aromatic rings. The first-order valence-corrected chi connectivity index (χ1v) is 7.61. The summed E-state index contributed by atoms with van der Waals surface area (Å²) in [5.41, 5.74) is 4.06. The fourth-order valence-corrected chi connectivity index (χ4v) is 3.16. The molecule has 0 aromatic heterocycles. The average Bonchev–Trinajstić information content (AvgIpc) is 2.46. The molecule has 0 amide bonds. The lowest BCUT2D eigenvalue weighted by atomic mass is 10.0. The minimum Gasteiger partial charge on any atom is -0.271 e. The number of thioether (sulfide) groups is 1. The van der Waals surface area contributed by atoms with E-state index in [1.807, 2.05) is 31.2 Å². The van der Waals surface area contributed by atoms with Crippen molar-refractivity contribution in [3.63, 3.8) is 0 Å². The van der Waals surface area contributed by atoms with Crippen molar-refractivity contribution in [2.75, 3.05) is 5.75 Å². The van der Waals surface area contributed by atoms with Crippen LogP contribution < -0.4 is 11.3 Å². The summed E-state index contributed by atoms with van der Waals surface area (Å²) in [5, 5.41) is 0. The van der Waals surface area contributed by atoms with Crippen LogP contribution in [0.25, 0.3) is 0 Å². The van der Waals surface area contributed by atoms with Crippen LogP contribution in [0.5, 0.6) is 0 Å². The van der Waals surface area contributed by atoms with Crippen molar-refractivity contribution < 1.29 is 8.78 Å². The highest BCUT2D eigenvalue weighted by Gasteiger charge is 2.20.